The fraction of sp³-hybridized carbons (Fsp3) is 0.444. The standard InChI is InChI=1S/C18H19NO4/c1-19-6-5-18-9-14(21)15(23-2)8-11(18)12(19)7-10-3-4-13(20)17(22)16(10)18/h3-4,7-8,11-12,22H,5-6,9H2,1-2H3/t11-,12+,18-/m1/s1. The van der Waals surface area contributed by atoms with Crippen LogP contribution in [0.15, 0.2) is 47.0 Å². The van der Waals surface area contributed by atoms with Gasteiger partial charge in [0.2, 0.25) is 5.78 Å². The van der Waals surface area contributed by atoms with Crippen molar-refractivity contribution in [2.24, 2.45) is 11.3 Å². The zero-order valence-corrected chi connectivity index (χ0v) is 13.2. The van der Waals surface area contributed by atoms with Crippen molar-refractivity contribution in [1.82, 2.24) is 4.90 Å². The molecule has 2 bridgehead atoms. The van der Waals surface area contributed by atoms with Gasteiger partial charge in [-0.3, -0.25) is 14.5 Å². The molecule has 1 N–H and O–H groups in total. The van der Waals surface area contributed by atoms with Crippen LogP contribution >= 0.6 is 0 Å². The lowest BCUT2D eigenvalue weighted by molar-refractivity contribution is -0.124. The van der Waals surface area contributed by atoms with Crippen molar-refractivity contribution in [3.8, 4) is 0 Å². The number of nitrogens with zero attached hydrogens (tertiary/aromatic N) is 1. The van der Waals surface area contributed by atoms with Crippen LogP contribution in [-0.4, -0.2) is 48.3 Å². The van der Waals surface area contributed by atoms with Gasteiger partial charge in [-0.2, -0.15) is 0 Å². The quantitative estimate of drug-likeness (QED) is 0.798. The average molecular weight is 313 g/mol. The summed E-state index contributed by atoms with van der Waals surface area (Å²) in [6.45, 7) is 0.822. The second-order valence-electron chi connectivity index (χ2n) is 6.78. The number of likely N-dealkylation sites (tertiary alicyclic amines) is 1. The SMILES string of the molecule is COC1=C[C@@H]2[C@@H]3C=C4C=CC(=O)C(O)=C4[C@]2(CCN3C)CC1=O. The van der Waals surface area contributed by atoms with Gasteiger partial charge in [-0.1, -0.05) is 12.2 Å². The third kappa shape index (κ3) is 1.77. The molecule has 0 spiro atoms. The van der Waals surface area contributed by atoms with Crippen molar-refractivity contribution in [2.75, 3.05) is 20.7 Å². The molecule has 3 atom stereocenters. The Kier molecular flexibility index (Phi) is 2.94. The number of hydrogen-bond donors (Lipinski definition) is 1. The molecule has 23 heavy (non-hydrogen) atoms. The maximum atomic E-state index is 12.5. The third-order valence-electron chi connectivity index (χ3n) is 5.75. The molecule has 1 aliphatic heterocycles. The zero-order valence-electron chi connectivity index (χ0n) is 13.2. The molecule has 0 unspecified atom stereocenters. The Hall–Kier alpha value is -2.14. The summed E-state index contributed by atoms with van der Waals surface area (Å²) in [6.07, 6.45) is 8.17. The first kappa shape index (κ1) is 14.5. The number of piperidine rings is 1. The van der Waals surface area contributed by atoms with E-state index in [0.29, 0.717) is 11.3 Å². The molecule has 0 aromatic heterocycles. The van der Waals surface area contributed by atoms with Gasteiger partial charge in [-0.25, -0.2) is 0 Å². The van der Waals surface area contributed by atoms with Gasteiger partial charge >= 0.3 is 0 Å². The molecule has 4 aliphatic rings. The predicted molar refractivity (Wildman–Crippen MR) is 83.6 cm³/mol. The number of hydrogen-bond acceptors (Lipinski definition) is 5. The van der Waals surface area contributed by atoms with Crippen molar-refractivity contribution < 1.29 is 19.4 Å². The Bertz CT molecular complexity index is 742. The summed E-state index contributed by atoms with van der Waals surface area (Å²) in [6, 6.07) is 0.131. The minimum atomic E-state index is -0.509. The summed E-state index contributed by atoms with van der Waals surface area (Å²) >= 11 is 0. The van der Waals surface area contributed by atoms with E-state index in [9.17, 15) is 14.7 Å². The minimum Gasteiger partial charge on any atom is -0.504 e. The van der Waals surface area contributed by atoms with Crippen molar-refractivity contribution in [3.05, 3.63) is 47.0 Å². The van der Waals surface area contributed by atoms with Gasteiger partial charge in [0, 0.05) is 29.4 Å². The second kappa shape index (κ2) is 4.68. The van der Waals surface area contributed by atoms with Gasteiger partial charge < -0.3 is 9.84 Å². The molecule has 1 fully saturated rings. The minimum absolute atomic E-state index is 0.0223. The molecule has 1 saturated heterocycles. The van der Waals surface area contributed by atoms with Crippen LogP contribution in [0.25, 0.3) is 0 Å². The first-order chi connectivity index (χ1) is 11.0. The molecule has 120 valence electrons. The van der Waals surface area contributed by atoms with Crippen LogP contribution in [-0.2, 0) is 14.3 Å². The molecule has 5 nitrogen and oxygen atoms in total. The molecule has 3 aliphatic carbocycles. The van der Waals surface area contributed by atoms with Crippen LogP contribution in [0.5, 0.6) is 0 Å². The summed E-state index contributed by atoms with van der Waals surface area (Å²) in [5, 5.41) is 10.5. The number of rotatable bonds is 1. The summed E-state index contributed by atoms with van der Waals surface area (Å²) in [7, 11) is 3.57. The highest BCUT2D eigenvalue weighted by atomic mass is 16.5. The Morgan fingerprint density at radius 3 is 2.83 bits per heavy atom. The van der Waals surface area contributed by atoms with Gasteiger partial charge in [0.25, 0.3) is 0 Å². The van der Waals surface area contributed by atoms with Gasteiger partial charge in [0.05, 0.1) is 7.11 Å². The van der Waals surface area contributed by atoms with Crippen molar-refractivity contribution in [2.45, 2.75) is 18.9 Å². The molecule has 0 aromatic carbocycles. The summed E-state index contributed by atoms with van der Waals surface area (Å²) in [5.74, 6) is -0.226. The van der Waals surface area contributed by atoms with Crippen LogP contribution in [0.2, 0.25) is 0 Å². The number of Topliss-reactive ketones (excluding diaryl/α,β-unsaturated/α-hetero) is 1. The summed E-state index contributed by atoms with van der Waals surface area (Å²) in [4.78, 5) is 26.7. The normalized spacial score (nSPS) is 36.3. The lowest BCUT2D eigenvalue weighted by Crippen LogP contribution is -2.57. The number of carbonyl (C=O) groups is 2. The van der Waals surface area contributed by atoms with E-state index in [2.05, 4.69) is 18.0 Å². The molecule has 0 radical (unpaired) electrons. The predicted octanol–water partition coefficient (Wildman–Crippen LogP) is 1.69. The van der Waals surface area contributed by atoms with E-state index in [4.69, 9.17) is 4.74 Å². The van der Waals surface area contributed by atoms with Crippen LogP contribution in [0.1, 0.15) is 12.8 Å². The van der Waals surface area contributed by atoms with Crippen molar-refractivity contribution in [3.63, 3.8) is 0 Å². The van der Waals surface area contributed by atoms with Crippen molar-refractivity contribution in [1.29, 1.82) is 0 Å². The van der Waals surface area contributed by atoms with Crippen molar-refractivity contribution >= 4 is 11.6 Å². The number of aliphatic hydroxyl groups is 1. The topological polar surface area (TPSA) is 66.8 Å². The van der Waals surface area contributed by atoms with E-state index >= 15 is 0 Å². The number of methoxy groups -OCH3 is 1. The van der Waals surface area contributed by atoms with Crippen LogP contribution in [0.4, 0.5) is 0 Å². The van der Waals surface area contributed by atoms with E-state index in [1.54, 1.807) is 6.08 Å². The number of fused-ring (bicyclic) bond motifs is 1. The lowest BCUT2D eigenvalue weighted by Gasteiger charge is -2.56. The van der Waals surface area contributed by atoms with Gasteiger partial charge in [0.1, 0.15) is 0 Å². The summed E-state index contributed by atoms with van der Waals surface area (Å²) < 4.78 is 5.25. The number of likely N-dealkylation sites (N-methyl/N-ethyl adjacent to an activating group) is 1. The third-order valence-corrected chi connectivity index (χ3v) is 5.75. The first-order valence-electron chi connectivity index (χ1n) is 7.85. The van der Waals surface area contributed by atoms with E-state index in [1.807, 2.05) is 6.08 Å². The number of carbonyl (C=O) groups excluding carboxylic acids is 2. The number of ketones is 2. The van der Waals surface area contributed by atoms with Gasteiger partial charge in [-0.05, 0) is 37.7 Å². The maximum absolute atomic E-state index is 12.5. The molecule has 0 saturated carbocycles. The zero-order chi connectivity index (χ0) is 16.4. The summed E-state index contributed by atoms with van der Waals surface area (Å²) in [5.41, 5.74) is 1.02. The first-order valence-corrected chi connectivity index (χ1v) is 7.85. The number of allylic oxidation sites excluding steroid dienone is 5. The fourth-order valence-corrected chi connectivity index (χ4v) is 4.61. The Morgan fingerprint density at radius 2 is 2.09 bits per heavy atom. The van der Waals surface area contributed by atoms with Crippen LogP contribution in [0, 0.1) is 11.3 Å². The molecule has 4 rings (SSSR count). The van der Waals surface area contributed by atoms with E-state index < -0.39 is 5.41 Å². The molecule has 1 heterocycles. The largest absolute Gasteiger partial charge is 0.504 e. The Labute approximate surface area is 134 Å². The molecule has 0 amide bonds. The number of ether oxygens (including phenoxy) is 1. The fourth-order valence-electron chi connectivity index (χ4n) is 4.61. The Balaban J connectivity index is 1.99. The molecular weight excluding hydrogens is 294 g/mol. The lowest BCUT2D eigenvalue weighted by atomic mass is 9.53. The number of aliphatic hydroxyl groups excluding tert-OH is 1. The second-order valence-corrected chi connectivity index (χ2v) is 6.78. The van der Waals surface area contributed by atoms with E-state index in [1.165, 1.54) is 13.2 Å². The smallest absolute Gasteiger partial charge is 0.220 e. The monoisotopic (exact) mass is 313 g/mol. The molecule has 5 heteroatoms. The van der Waals surface area contributed by atoms with Gasteiger partial charge in [-0.15, -0.1) is 0 Å². The van der Waals surface area contributed by atoms with Gasteiger partial charge in [0.15, 0.2) is 17.3 Å². The van der Waals surface area contributed by atoms with E-state index in [0.717, 1.165) is 18.5 Å². The average Bonchev–Trinajstić information content (AvgIpc) is 2.53. The molecule has 0 aromatic rings. The highest BCUT2D eigenvalue weighted by Crippen LogP contribution is 2.58. The molecular formula is C18H19NO4. The highest BCUT2D eigenvalue weighted by Gasteiger charge is 2.56. The van der Waals surface area contributed by atoms with Crippen LogP contribution in [0.3, 0.4) is 0 Å². The highest BCUT2D eigenvalue weighted by molar-refractivity contribution is 6.06. The van der Waals surface area contributed by atoms with E-state index in [-0.39, 0.29) is 35.7 Å². The van der Waals surface area contributed by atoms with Crippen LogP contribution < -0.4 is 0 Å². The Morgan fingerprint density at radius 1 is 1.30 bits per heavy atom. The maximum Gasteiger partial charge on any atom is 0.220 e.